The molecule has 2 aliphatic heterocycles. The van der Waals surface area contributed by atoms with Crippen molar-refractivity contribution >= 4 is 33.5 Å². The first kappa shape index (κ1) is 15.6. The van der Waals surface area contributed by atoms with Crippen molar-refractivity contribution in [1.29, 1.82) is 0 Å². The fourth-order valence-electron chi connectivity index (χ4n) is 2.79. The fraction of sp³-hybridized carbons (Fsp3) is 0.833. The molecule has 114 valence electrons. The van der Waals surface area contributed by atoms with Crippen molar-refractivity contribution < 1.29 is 23.1 Å². The molecule has 20 heavy (non-hydrogen) atoms. The molecule has 0 aromatic rings. The molecule has 3 atom stereocenters. The molecule has 2 rings (SSSR count). The van der Waals surface area contributed by atoms with E-state index in [1.807, 2.05) is 6.92 Å². The van der Waals surface area contributed by atoms with Crippen LogP contribution < -0.4 is 0 Å². The van der Waals surface area contributed by atoms with Gasteiger partial charge in [-0.15, -0.1) is 11.8 Å². The first-order valence-corrected chi connectivity index (χ1v) is 9.57. The topological polar surface area (TPSA) is 91.8 Å². The number of aliphatic carboxylic acids is 1. The maximum atomic E-state index is 12.4. The summed E-state index contributed by atoms with van der Waals surface area (Å²) in [5, 5.41) is 9.08. The number of carbonyl (C=O) groups is 2. The number of amides is 1. The average Bonchev–Trinajstić information content (AvgIpc) is 2.92. The third kappa shape index (κ3) is 3.28. The van der Waals surface area contributed by atoms with E-state index in [9.17, 15) is 23.1 Å². The van der Waals surface area contributed by atoms with Crippen LogP contribution in [-0.2, 0) is 19.4 Å². The molecule has 1 N–H and O–H groups in total. The predicted molar refractivity (Wildman–Crippen MR) is 76.2 cm³/mol. The van der Waals surface area contributed by atoms with Crippen LogP contribution >= 0.6 is 11.8 Å². The molecule has 6 nitrogen and oxygen atoms in total. The molecule has 8 heteroatoms. The summed E-state index contributed by atoms with van der Waals surface area (Å²) >= 11 is 1.48. The van der Waals surface area contributed by atoms with Gasteiger partial charge < -0.3 is 10.0 Å². The maximum Gasteiger partial charge on any atom is 0.327 e. The Morgan fingerprint density at radius 1 is 1.40 bits per heavy atom. The fourth-order valence-corrected chi connectivity index (χ4v) is 6.02. The number of hydrogen-bond donors (Lipinski definition) is 1. The lowest BCUT2D eigenvalue weighted by Gasteiger charge is -2.27. The number of carboxylic acids is 1. The molecule has 1 amide bonds. The normalized spacial score (nSPS) is 32.5. The molecule has 0 saturated carbocycles. The van der Waals surface area contributed by atoms with E-state index in [4.69, 9.17) is 0 Å². The van der Waals surface area contributed by atoms with Gasteiger partial charge in [-0.05, 0) is 18.8 Å². The Balaban J connectivity index is 2.04. The Hall–Kier alpha value is -0.760. The first-order valence-electron chi connectivity index (χ1n) is 6.70. The highest BCUT2D eigenvalue weighted by molar-refractivity contribution is 8.00. The van der Waals surface area contributed by atoms with Crippen molar-refractivity contribution in [3.8, 4) is 0 Å². The first-order chi connectivity index (χ1) is 9.34. The molecule has 0 aliphatic carbocycles. The highest BCUT2D eigenvalue weighted by Gasteiger charge is 2.42. The minimum Gasteiger partial charge on any atom is -0.480 e. The van der Waals surface area contributed by atoms with Crippen molar-refractivity contribution in [1.82, 2.24) is 4.90 Å². The van der Waals surface area contributed by atoms with Crippen molar-refractivity contribution in [2.24, 2.45) is 5.92 Å². The van der Waals surface area contributed by atoms with E-state index in [2.05, 4.69) is 0 Å². The number of thioether (sulfide) groups is 1. The molecule has 0 radical (unpaired) electrons. The molecule has 2 heterocycles. The second kappa shape index (κ2) is 5.93. The average molecular weight is 321 g/mol. The lowest BCUT2D eigenvalue weighted by atomic mass is 10.0. The summed E-state index contributed by atoms with van der Waals surface area (Å²) in [6, 6.07) is -0.782. The molecule has 2 saturated heterocycles. The molecular weight excluding hydrogens is 302 g/mol. The second-order valence-electron chi connectivity index (χ2n) is 5.32. The summed E-state index contributed by atoms with van der Waals surface area (Å²) in [4.78, 5) is 25.0. The molecular formula is C12H19NO5S2. The van der Waals surface area contributed by atoms with E-state index in [1.54, 1.807) is 0 Å². The van der Waals surface area contributed by atoms with E-state index >= 15 is 0 Å². The zero-order valence-corrected chi connectivity index (χ0v) is 13.0. The molecule has 3 unspecified atom stereocenters. The highest BCUT2D eigenvalue weighted by Crippen LogP contribution is 2.33. The van der Waals surface area contributed by atoms with Crippen LogP contribution in [0.2, 0.25) is 0 Å². The molecule has 0 spiro atoms. The van der Waals surface area contributed by atoms with Gasteiger partial charge in [0.2, 0.25) is 5.91 Å². The van der Waals surface area contributed by atoms with Crippen LogP contribution in [-0.4, -0.2) is 59.0 Å². The zero-order chi connectivity index (χ0) is 14.9. The summed E-state index contributed by atoms with van der Waals surface area (Å²) in [7, 11) is -3.01. The van der Waals surface area contributed by atoms with Gasteiger partial charge in [0, 0.05) is 12.2 Å². The SMILES string of the molecule is CCC1SCC(C(=O)O)N1C(=O)CC1CCS(=O)(=O)C1. The quantitative estimate of drug-likeness (QED) is 0.814. The lowest BCUT2D eigenvalue weighted by Crippen LogP contribution is -2.46. The third-order valence-electron chi connectivity index (χ3n) is 3.80. The van der Waals surface area contributed by atoms with Gasteiger partial charge in [0.25, 0.3) is 0 Å². The summed E-state index contributed by atoms with van der Waals surface area (Å²) in [6.07, 6.45) is 1.34. The van der Waals surface area contributed by atoms with Crippen LogP contribution in [0.15, 0.2) is 0 Å². The van der Waals surface area contributed by atoms with Crippen LogP contribution in [0.5, 0.6) is 0 Å². The second-order valence-corrected chi connectivity index (χ2v) is 8.76. The van der Waals surface area contributed by atoms with E-state index in [0.717, 1.165) is 0 Å². The van der Waals surface area contributed by atoms with Gasteiger partial charge in [-0.25, -0.2) is 13.2 Å². The minimum atomic E-state index is -3.01. The van der Waals surface area contributed by atoms with Crippen LogP contribution in [0.25, 0.3) is 0 Å². The van der Waals surface area contributed by atoms with Gasteiger partial charge in [0.05, 0.1) is 16.9 Å². The number of carbonyl (C=O) groups excluding carboxylic acids is 1. The predicted octanol–water partition coefficient (Wildman–Crippen LogP) is 0.576. The van der Waals surface area contributed by atoms with Crippen LogP contribution in [0.3, 0.4) is 0 Å². The number of hydrogen-bond acceptors (Lipinski definition) is 5. The minimum absolute atomic E-state index is 0.0499. The number of carboxylic acid groups (broad SMARTS) is 1. The Bertz CT molecular complexity index is 504. The number of nitrogens with zero attached hydrogens (tertiary/aromatic N) is 1. The van der Waals surface area contributed by atoms with Gasteiger partial charge in [-0.2, -0.15) is 0 Å². The maximum absolute atomic E-state index is 12.4. The standard InChI is InChI=1S/C12H19NO5S2/c1-2-11-13(9(6-19-11)12(15)16)10(14)5-8-3-4-20(17,18)7-8/h8-9,11H,2-7H2,1H3,(H,15,16). The van der Waals surface area contributed by atoms with Crippen LogP contribution in [0, 0.1) is 5.92 Å². The van der Waals surface area contributed by atoms with Gasteiger partial charge >= 0.3 is 5.97 Å². The van der Waals surface area contributed by atoms with Crippen LogP contribution in [0.4, 0.5) is 0 Å². The Morgan fingerprint density at radius 3 is 2.60 bits per heavy atom. The van der Waals surface area contributed by atoms with Gasteiger partial charge in [-0.1, -0.05) is 6.92 Å². The van der Waals surface area contributed by atoms with Crippen LogP contribution in [0.1, 0.15) is 26.2 Å². The molecule has 0 aromatic carbocycles. The Labute approximate surface area is 122 Å². The highest BCUT2D eigenvalue weighted by atomic mass is 32.2. The Kier molecular flexibility index (Phi) is 4.63. The van der Waals surface area contributed by atoms with Crippen molar-refractivity contribution in [2.45, 2.75) is 37.6 Å². The van der Waals surface area contributed by atoms with Crippen molar-refractivity contribution in [3.05, 3.63) is 0 Å². The van der Waals surface area contributed by atoms with E-state index in [1.165, 1.54) is 16.7 Å². The third-order valence-corrected chi connectivity index (χ3v) is 7.10. The Morgan fingerprint density at radius 2 is 2.10 bits per heavy atom. The number of sulfone groups is 1. The summed E-state index contributed by atoms with van der Waals surface area (Å²) in [5.74, 6) is -0.780. The summed E-state index contributed by atoms with van der Waals surface area (Å²) in [5.41, 5.74) is 0. The summed E-state index contributed by atoms with van der Waals surface area (Å²) < 4.78 is 22.8. The largest absolute Gasteiger partial charge is 0.480 e. The van der Waals surface area contributed by atoms with E-state index < -0.39 is 21.8 Å². The zero-order valence-electron chi connectivity index (χ0n) is 11.3. The molecule has 2 aliphatic rings. The van der Waals surface area contributed by atoms with Crippen molar-refractivity contribution in [2.75, 3.05) is 17.3 Å². The van der Waals surface area contributed by atoms with Gasteiger partial charge in [-0.3, -0.25) is 4.79 Å². The van der Waals surface area contributed by atoms with Crippen molar-refractivity contribution in [3.63, 3.8) is 0 Å². The smallest absolute Gasteiger partial charge is 0.327 e. The summed E-state index contributed by atoms with van der Waals surface area (Å²) in [6.45, 7) is 1.92. The van der Waals surface area contributed by atoms with Gasteiger partial charge in [0.15, 0.2) is 9.84 Å². The molecule has 0 bridgehead atoms. The lowest BCUT2D eigenvalue weighted by molar-refractivity contribution is -0.149. The number of rotatable bonds is 4. The monoisotopic (exact) mass is 321 g/mol. The van der Waals surface area contributed by atoms with E-state index in [-0.39, 0.29) is 35.1 Å². The van der Waals surface area contributed by atoms with Gasteiger partial charge in [0.1, 0.15) is 6.04 Å². The van der Waals surface area contributed by atoms with E-state index in [0.29, 0.717) is 18.6 Å². The molecule has 0 aromatic heterocycles. The molecule has 2 fully saturated rings.